The maximum absolute atomic E-state index is 6.28. The average Bonchev–Trinajstić information content (AvgIpc) is 2.52. The number of rotatable bonds is 1. The molecule has 2 rings (SSSR count). The fourth-order valence-corrected chi connectivity index (χ4v) is 4.21. The Balaban J connectivity index is 1.99. The largest absolute Gasteiger partial charge is 0.123 e. The van der Waals surface area contributed by atoms with Gasteiger partial charge in [0.25, 0.3) is 0 Å². The maximum Gasteiger partial charge on any atom is 0.0341 e. The average molecular weight is 229 g/mol. The van der Waals surface area contributed by atoms with Gasteiger partial charge in [-0.2, -0.15) is 0 Å². The Kier molecular flexibility index (Phi) is 3.36. The van der Waals surface area contributed by atoms with Crippen LogP contribution in [0.2, 0.25) is 0 Å². The van der Waals surface area contributed by atoms with Crippen molar-refractivity contribution < 1.29 is 0 Å². The van der Waals surface area contributed by atoms with E-state index in [4.69, 9.17) is 11.6 Å². The van der Waals surface area contributed by atoms with Crippen molar-refractivity contribution in [2.45, 2.75) is 64.7 Å². The zero-order valence-electron chi connectivity index (χ0n) is 10.4. The van der Waals surface area contributed by atoms with E-state index in [1.165, 1.54) is 38.5 Å². The van der Waals surface area contributed by atoms with Gasteiger partial charge in [-0.3, -0.25) is 0 Å². The summed E-state index contributed by atoms with van der Waals surface area (Å²) in [5.74, 6) is 2.82. The molecule has 0 aromatic carbocycles. The third-order valence-corrected chi connectivity index (χ3v) is 5.67. The van der Waals surface area contributed by atoms with E-state index in [1.54, 1.807) is 0 Å². The van der Waals surface area contributed by atoms with Crippen molar-refractivity contribution in [2.75, 3.05) is 0 Å². The molecule has 88 valence electrons. The molecule has 0 bridgehead atoms. The Hall–Kier alpha value is 0.290. The molecule has 2 aliphatic rings. The first-order chi connectivity index (χ1) is 7.01. The first-order valence-electron chi connectivity index (χ1n) is 6.65. The fraction of sp³-hybridized carbons (Fsp3) is 1.00. The SMILES string of the molecule is CC1CCC(C2(C)CCC(Cl)C2)CC1C. The summed E-state index contributed by atoms with van der Waals surface area (Å²) in [4.78, 5) is 0. The molecule has 0 radical (unpaired) electrons. The van der Waals surface area contributed by atoms with Crippen molar-refractivity contribution in [1.82, 2.24) is 0 Å². The van der Waals surface area contributed by atoms with Gasteiger partial charge in [-0.15, -0.1) is 11.6 Å². The molecule has 0 saturated heterocycles. The summed E-state index contributed by atoms with van der Waals surface area (Å²) in [5, 5.41) is 0.463. The molecule has 0 nitrogen and oxygen atoms in total. The van der Waals surface area contributed by atoms with E-state index in [9.17, 15) is 0 Å². The van der Waals surface area contributed by atoms with Crippen LogP contribution in [0.4, 0.5) is 0 Å². The van der Waals surface area contributed by atoms with Crippen molar-refractivity contribution in [2.24, 2.45) is 23.2 Å². The number of halogens is 1. The van der Waals surface area contributed by atoms with Gasteiger partial charge in [-0.05, 0) is 55.3 Å². The van der Waals surface area contributed by atoms with Gasteiger partial charge in [0.1, 0.15) is 0 Å². The van der Waals surface area contributed by atoms with Crippen molar-refractivity contribution >= 4 is 11.6 Å². The van der Waals surface area contributed by atoms with Crippen molar-refractivity contribution in [1.29, 1.82) is 0 Å². The van der Waals surface area contributed by atoms with Gasteiger partial charge >= 0.3 is 0 Å². The van der Waals surface area contributed by atoms with Crippen LogP contribution in [0.15, 0.2) is 0 Å². The van der Waals surface area contributed by atoms with Gasteiger partial charge in [-0.25, -0.2) is 0 Å². The minimum Gasteiger partial charge on any atom is -0.123 e. The topological polar surface area (TPSA) is 0 Å². The molecule has 0 N–H and O–H groups in total. The third kappa shape index (κ3) is 2.35. The number of hydrogen-bond acceptors (Lipinski definition) is 0. The Morgan fingerprint density at radius 1 is 1.07 bits per heavy atom. The van der Waals surface area contributed by atoms with Crippen LogP contribution < -0.4 is 0 Å². The minimum atomic E-state index is 0.463. The second kappa shape index (κ2) is 4.28. The maximum atomic E-state index is 6.28. The van der Waals surface area contributed by atoms with Crippen LogP contribution in [0, 0.1) is 23.2 Å². The Bertz CT molecular complexity index is 225. The highest BCUT2D eigenvalue weighted by Crippen LogP contribution is 2.52. The van der Waals surface area contributed by atoms with Gasteiger partial charge < -0.3 is 0 Å². The van der Waals surface area contributed by atoms with Gasteiger partial charge in [0.05, 0.1) is 0 Å². The van der Waals surface area contributed by atoms with Crippen LogP contribution in [-0.4, -0.2) is 5.38 Å². The Morgan fingerprint density at radius 3 is 2.33 bits per heavy atom. The van der Waals surface area contributed by atoms with Crippen LogP contribution >= 0.6 is 11.6 Å². The molecule has 0 aromatic heterocycles. The van der Waals surface area contributed by atoms with Gasteiger partial charge in [-0.1, -0.05) is 27.2 Å². The Labute approximate surface area is 99.8 Å². The van der Waals surface area contributed by atoms with Crippen LogP contribution in [0.3, 0.4) is 0 Å². The molecule has 1 heteroatoms. The van der Waals surface area contributed by atoms with Gasteiger partial charge in [0.2, 0.25) is 0 Å². The van der Waals surface area contributed by atoms with Crippen molar-refractivity contribution in [3.05, 3.63) is 0 Å². The molecule has 2 aliphatic carbocycles. The summed E-state index contributed by atoms with van der Waals surface area (Å²) >= 11 is 6.28. The predicted octanol–water partition coefficient (Wildman–Crippen LogP) is 4.86. The monoisotopic (exact) mass is 228 g/mol. The second-order valence-corrected chi connectivity index (χ2v) is 7.08. The standard InChI is InChI=1S/C14H25Cl/c1-10-4-5-12(8-11(10)2)14(3)7-6-13(15)9-14/h10-13H,4-9H2,1-3H3. The normalized spacial score (nSPS) is 52.0. The molecular formula is C14H25Cl. The van der Waals surface area contributed by atoms with Crippen LogP contribution in [0.5, 0.6) is 0 Å². The van der Waals surface area contributed by atoms with Crippen molar-refractivity contribution in [3.63, 3.8) is 0 Å². The molecule has 2 fully saturated rings. The van der Waals surface area contributed by atoms with Gasteiger partial charge in [0, 0.05) is 5.38 Å². The highest BCUT2D eigenvalue weighted by molar-refractivity contribution is 6.20. The summed E-state index contributed by atoms with van der Waals surface area (Å²) in [6, 6.07) is 0. The summed E-state index contributed by atoms with van der Waals surface area (Å²) in [5.41, 5.74) is 0.570. The summed E-state index contributed by atoms with van der Waals surface area (Å²) in [6.07, 6.45) is 8.22. The molecule has 0 amide bonds. The lowest BCUT2D eigenvalue weighted by Crippen LogP contribution is -2.32. The summed E-state index contributed by atoms with van der Waals surface area (Å²) in [6.45, 7) is 7.35. The van der Waals surface area contributed by atoms with E-state index in [0.29, 0.717) is 10.8 Å². The van der Waals surface area contributed by atoms with E-state index in [1.807, 2.05) is 0 Å². The molecule has 2 saturated carbocycles. The number of hydrogen-bond donors (Lipinski definition) is 0. The van der Waals surface area contributed by atoms with Gasteiger partial charge in [0.15, 0.2) is 0 Å². The molecule has 0 spiro atoms. The lowest BCUT2D eigenvalue weighted by Gasteiger charge is -2.41. The van der Waals surface area contributed by atoms with E-state index >= 15 is 0 Å². The lowest BCUT2D eigenvalue weighted by atomic mass is 9.64. The zero-order valence-corrected chi connectivity index (χ0v) is 11.2. The molecule has 0 heterocycles. The zero-order chi connectivity index (χ0) is 11.1. The molecule has 15 heavy (non-hydrogen) atoms. The minimum absolute atomic E-state index is 0.463. The molecule has 5 unspecified atom stereocenters. The third-order valence-electron chi connectivity index (χ3n) is 5.30. The summed E-state index contributed by atoms with van der Waals surface area (Å²) in [7, 11) is 0. The smallest absolute Gasteiger partial charge is 0.0341 e. The molecule has 0 aromatic rings. The van der Waals surface area contributed by atoms with Crippen LogP contribution in [0.1, 0.15) is 59.3 Å². The van der Waals surface area contributed by atoms with E-state index in [-0.39, 0.29) is 0 Å². The van der Waals surface area contributed by atoms with Crippen molar-refractivity contribution in [3.8, 4) is 0 Å². The second-order valence-electron chi connectivity index (χ2n) is 6.46. The highest BCUT2D eigenvalue weighted by atomic mass is 35.5. The van der Waals surface area contributed by atoms with Crippen LogP contribution in [-0.2, 0) is 0 Å². The fourth-order valence-electron chi connectivity index (χ4n) is 3.75. The van der Waals surface area contributed by atoms with Crippen LogP contribution in [0.25, 0.3) is 0 Å². The molecular weight excluding hydrogens is 204 g/mol. The first-order valence-corrected chi connectivity index (χ1v) is 7.09. The quantitative estimate of drug-likeness (QED) is 0.563. The first kappa shape index (κ1) is 11.8. The summed E-state index contributed by atoms with van der Waals surface area (Å²) < 4.78 is 0. The lowest BCUT2D eigenvalue weighted by molar-refractivity contribution is 0.0913. The number of alkyl halides is 1. The molecule has 5 atom stereocenters. The molecule has 0 aliphatic heterocycles. The Morgan fingerprint density at radius 2 is 1.80 bits per heavy atom. The van der Waals surface area contributed by atoms with E-state index in [0.717, 1.165) is 17.8 Å². The van der Waals surface area contributed by atoms with E-state index in [2.05, 4.69) is 20.8 Å². The van der Waals surface area contributed by atoms with E-state index < -0.39 is 0 Å². The predicted molar refractivity (Wildman–Crippen MR) is 67.3 cm³/mol. The highest BCUT2D eigenvalue weighted by Gasteiger charge is 2.42.